The second-order valence-electron chi connectivity index (χ2n) is 12.9. The van der Waals surface area contributed by atoms with Crippen LogP contribution in [0.3, 0.4) is 0 Å². The normalized spacial score (nSPS) is 17.1. The van der Waals surface area contributed by atoms with Crippen molar-refractivity contribution in [2.24, 2.45) is 11.1 Å². The first-order valence-corrected chi connectivity index (χ1v) is 16.6. The van der Waals surface area contributed by atoms with Crippen LogP contribution < -0.4 is 10.6 Å². The van der Waals surface area contributed by atoms with Gasteiger partial charge < -0.3 is 30.1 Å². The molecule has 48 heavy (non-hydrogen) atoms. The summed E-state index contributed by atoms with van der Waals surface area (Å²) in [7, 11) is 0. The summed E-state index contributed by atoms with van der Waals surface area (Å²) in [6.45, 7) is 9.99. The van der Waals surface area contributed by atoms with Crippen molar-refractivity contribution in [3.63, 3.8) is 0 Å². The van der Waals surface area contributed by atoms with Crippen molar-refractivity contribution in [1.29, 1.82) is 0 Å². The van der Waals surface area contributed by atoms with Crippen molar-refractivity contribution in [3.8, 4) is 0 Å². The number of nitrogens with one attached hydrogen (secondary N) is 2. The Morgan fingerprint density at radius 2 is 1.69 bits per heavy atom. The van der Waals surface area contributed by atoms with Gasteiger partial charge in [0.2, 0.25) is 11.5 Å². The van der Waals surface area contributed by atoms with Gasteiger partial charge in [0.05, 0.1) is 40.2 Å². The molecule has 0 radical (unpaired) electrons. The monoisotopic (exact) mass is 713 g/mol. The minimum absolute atomic E-state index is 0.00234. The molecule has 1 unspecified atom stereocenters. The van der Waals surface area contributed by atoms with Crippen LogP contribution in [0.5, 0.6) is 0 Å². The standard InChI is InChI=1S/C33H45Cl2N3O10/c1-7-8-9-15-33(17-23(38-48-33)29(19(2)3)37-25(40)13-14-27(43)47-32(4,5)6)31(45)36-22(16-26(41)42)24(39)18-46-30(44)28-20(34)11-10-12-21(28)35/h10-12,19,22,29H,7-9,13-18H2,1-6H3,(H,36,45)(H,37,40)(H,41,42)/t22-,29-,33?/m0/s1. The molecule has 0 fully saturated rings. The summed E-state index contributed by atoms with van der Waals surface area (Å²) in [5.74, 6) is -5.17. The van der Waals surface area contributed by atoms with E-state index in [1.807, 2.05) is 20.8 Å². The third-order valence-corrected chi connectivity index (χ3v) is 7.94. The molecule has 3 atom stereocenters. The number of carbonyl (C=O) groups excluding carboxylic acids is 5. The molecular formula is C33H45Cl2N3O10. The Bertz CT molecular complexity index is 1370. The largest absolute Gasteiger partial charge is 0.481 e. The summed E-state index contributed by atoms with van der Waals surface area (Å²) in [6, 6.07) is 2.12. The first-order chi connectivity index (χ1) is 22.4. The highest BCUT2D eigenvalue weighted by Gasteiger charge is 2.49. The molecule has 3 N–H and O–H groups in total. The van der Waals surface area contributed by atoms with Gasteiger partial charge in [0, 0.05) is 12.8 Å². The van der Waals surface area contributed by atoms with Gasteiger partial charge in [0.15, 0.2) is 12.4 Å². The van der Waals surface area contributed by atoms with Gasteiger partial charge in [-0.25, -0.2) is 4.79 Å². The van der Waals surface area contributed by atoms with Crippen LogP contribution in [0.2, 0.25) is 10.0 Å². The first-order valence-electron chi connectivity index (χ1n) is 15.8. The predicted molar refractivity (Wildman–Crippen MR) is 178 cm³/mol. The Morgan fingerprint density at radius 3 is 2.25 bits per heavy atom. The number of carboxylic acid groups (broad SMARTS) is 1. The molecule has 15 heteroatoms. The summed E-state index contributed by atoms with van der Waals surface area (Å²) >= 11 is 12.1. The van der Waals surface area contributed by atoms with E-state index in [0.717, 1.165) is 12.8 Å². The first kappa shape index (κ1) is 40.5. The highest BCUT2D eigenvalue weighted by atomic mass is 35.5. The molecule has 0 saturated heterocycles. The number of hydrogen-bond acceptors (Lipinski definition) is 10. The van der Waals surface area contributed by atoms with Crippen LogP contribution in [-0.4, -0.2) is 76.2 Å². The molecular weight excluding hydrogens is 669 g/mol. The van der Waals surface area contributed by atoms with E-state index in [2.05, 4.69) is 15.8 Å². The van der Waals surface area contributed by atoms with Crippen molar-refractivity contribution in [2.45, 2.75) is 116 Å². The molecule has 1 heterocycles. The van der Waals surface area contributed by atoms with E-state index in [0.29, 0.717) is 12.1 Å². The molecule has 2 rings (SSSR count). The molecule has 1 aliphatic heterocycles. The fourth-order valence-corrected chi connectivity index (χ4v) is 5.45. The molecule has 0 aromatic heterocycles. The topological polar surface area (TPSA) is 187 Å². The van der Waals surface area contributed by atoms with E-state index in [1.165, 1.54) is 18.2 Å². The number of carboxylic acids is 1. The number of halogens is 2. The fourth-order valence-electron chi connectivity index (χ4n) is 4.90. The highest BCUT2D eigenvalue weighted by Crippen LogP contribution is 2.33. The van der Waals surface area contributed by atoms with Crippen LogP contribution >= 0.6 is 23.2 Å². The molecule has 13 nitrogen and oxygen atoms in total. The number of esters is 2. The average Bonchev–Trinajstić information content (AvgIpc) is 3.41. The predicted octanol–water partition coefficient (Wildman–Crippen LogP) is 5.04. The SMILES string of the molecule is CCCCCC1(C(=O)N[C@@H](CC(=O)O)C(=O)COC(=O)c2c(Cl)cccc2Cl)CC([C@@H](NC(=O)CCC(=O)OC(C)(C)C)C(C)C)=NO1. The van der Waals surface area contributed by atoms with Gasteiger partial charge in [0.25, 0.3) is 5.91 Å². The number of unbranched alkanes of at least 4 members (excludes halogenated alkanes) is 2. The zero-order valence-corrected chi connectivity index (χ0v) is 29.7. The number of benzene rings is 1. The Kier molecular flexibility index (Phi) is 15.3. The maximum Gasteiger partial charge on any atom is 0.341 e. The lowest BCUT2D eigenvalue weighted by Gasteiger charge is -2.29. The smallest absolute Gasteiger partial charge is 0.341 e. The number of ether oxygens (including phenoxy) is 2. The lowest BCUT2D eigenvalue weighted by atomic mass is 9.85. The van der Waals surface area contributed by atoms with Crippen LogP contribution in [0.4, 0.5) is 0 Å². The number of aliphatic carboxylic acids is 1. The summed E-state index contributed by atoms with van der Waals surface area (Å²) in [4.78, 5) is 81.9. The Labute approximate surface area is 290 Å². The second kappa shape index (κ2) is 18.2. The molecule has 1 aromatic rings. The molecule has 2 amide bonds. The van der Waals surface area contributed by atoms with Crippen molar-refractivity contribution in [3.05, 3.63) is 33.8 Å². The van der Waals surface area contributed by atoms with Gasteiger partial charge >= 0.3 is 17.9 Å². The zero-order valence-electron chi connectivity index (χ0n) is 28.2. The maximum absolute atomic E-state index is 13.8. The lowest BCUT2D eigenvalue weighted by molar-refractivity contribution is -0.155. The van der Waals surface area contributed by atoms with Crippen LogP contribution in [0.25, 0.3) is 0 Å². The molecule has 0 spiro atoms. The minimum Gasteiger partial charge on any atom is -0.481 e. The Balaban J connectivity index is 2.19. The Hall–Kier alpha value is -3.71. The number of carbonyl (C=O) groups is 6. The van der Waals surface area contributed by atoms with Gasteiger partial charge in [-0.3, -0.25) is 24.0 Å². The minimum atomic E-state index is -1.60. The molecule has 0 aliphatic carbocycles. The van der Waals surface area contributed by atoms with E-state index in [1.54, 1.807) is 20.8 Å². The number of Topliss-reactive ketones (excluding diaryl/α,β-unsaturated/α-hetero) is 1. The highest BCUT2D eigenvalue weighted by molar-refractivity contribution is 6.39. The number of hydrogen-bond donors (Lipinski definition) is 3. The van der Waals surface area contributed by atoms with Crippen LogP contribution in [0.15, 0.2) is 23.4 Å². The lowest BCUT2D eigenvalue weighted by Crippen LogP contribution is -2.54. The van der Waals surface area contributed by atoms with Crippen molar-refractivity contribution < 1.29 is 48.2 Å². The number of amides is 2. The van der Waals surface area contributed by atoms with Gasteiger partial charge in [0.1, 0.15) is 11.6 Å². The van der Waals surface area contributed by atoms with E-state index < -0.39 is 71.8 Å². The molecule has 1 aromatic carbocycles. The average molecular weight is 715 g/mol. The number of nitrogens with zero attached hydrogens (tertiary/aromatic N) is 1. The maximum atomic E-state index is 13.8. The fraction of sp³-hybridized carbons (Fsp3) is 0.606. The van der Waals surface area contributed by atoms with Crippen molar-refractivity contribution in [1.82, 2.24) is 10.6 Å². The van der Waals surface area contributed by atoms with Crippen LogP contribution in [0.1, 0.15) is 103 Å². The van der Waals surface area contributed by atoms with Gasteiger partial charge in [-0.1, -0.05) is 68.0 Å². The van der Waals surface area contributed by atoms with E-state index in [-0.39, 0.29) is 47.2 Å². The van der Waals surface area contributed by atoms with Gasteiger partial charge in [-0.05, 0) is 51.7 Å². The summed E-state index contributed by atoms with van der Waals surface area (Å²) < 4.78 is 10.3. The third kappa shape index (κ3) is 12.4. The summed E-state index contributed by atoms with van der Waals surface area (Å²) in [5, 5.41) is 19.0. The molecule has 0 saturated carbocycles. The number of ketones is 1. The number of oxime groups is 1. The molecule has 1 aliphatic rings. The molecule has 266 valence electrons. The summed E-state index contributed by atoms with van der Waals surface area (Å²) in [5.41, 5.74) is -2.08. The van der Waals surface area contributed by atoms with E-state index >= 15 is 0 Å². The van der Waals surface area contributed by atoms with E-state index in [4.69, 9.17) is 37.5 Å². The van der Waals surface area contributed by atoms with Gasteiger partial charge in [-0.2, -0.15) is 0 Å². The quantitative estimate of drug-likeness (QED) is 0.137. The van der Waals surface area contributed by atoms with Crippen LogP contribution in [-0.2, 0) is 38.3 Å². The van der Waals surface area contributed by atoms with Crippen molar-refractivity contribution in [2.75, 3.05) is 6.61 Å². The summed E-state index contributed by atoms with van der Waals surface area (Å²) in [6.07, 6.45) is 1.22. The Morgan fingerprint density at radius 1 is 1.04 bits per heavy atom. The van der Waals surface area contributed by atoms with Crippen molar-refractivity contribution >= 4 is 64.4 Å². The van der Waals surface area contributed by atoms with Crippen LogP contribution in [0, 0.1) is 5.92 Å². The third-order valence-electron chi connectivity index (χ3n) is 7.31. The van der Waals surface area contributed by atoms with E-state index in [9.17, 15) is 33.9 Å². The zero-order chi connectivity index (χ0) is 36.2. The van der Waals surface area contributed by atoms with Gasteiger partial charge in [-0.15, -0.1) is 0 Å². The number of rotatable bonds is 18. The molecule has 0 bridgehead atoms. The second-order valence-corrected chi connectivity index (χ2v) is 13.8.